The summed E-state index contributed by atoms with van der Waals surface area (Å²) in [7, 11) is 0. The highest BCUT2D eigenvalue weighted by Gasteiger charge is 2.29. The molecule has 0 saturated carbocycles. The summed E-state index contributed by atoms with van der Waals surface area (Å²) in [6.07, 6.45) is 0. The van der Waals surface area contributed by atoms with Gasteiger partial charge in [-0.15, -0.1) is 0 Å². The molecular formula is C25H21NO. The highest BCUT2D eigenvalue weighted by Crippen LogP contribution is 2.51. The molecule has 0 fully saturated rings. The van der Waals surface area contributed by atoms with Gasteiger partial charge in [0.15, 0.2) is 0 Å². The van der Waals surface area contributed by atoms with Gasteiger partial charge in [0.1, 0.15) is 0 Å². The summed E-state index contributed by atoms with van der Waals surface area (Å²) in [5.74, 6) is 0. The van der Waals surface area contributed by atoms with Gasteiger partial charge in [-0.2, -0.15) is 0 Å². The van der Waals surface area contributed by atoms with Crippen molar-refractivity contribution >= 4 is 27.8 Å². The third-order valence-electron chi connectivity index (χ3n) is 5.36. The number of hydrogen-bond acceptors (Lipinski definition) is 2. The molecule has 0 amide bonds. The molecule has 0 unspecified atom stereocenters. The van der Waals surface area contributed by atoms with Crippen LogP contribution in [0.1, 0.15) is 19.4 Å². The van der Waals surface area contributed by atoms with Crippen LogP contribution in [-0.2, 0) is 5.60 Å². The van der Waals surface area contributed by atoms with E-state index in [9.17, 15) is 5.11 Å². The predicted molar refractivity (Wildman–Crippen MR) is 113 cm³/mol. The highest BCUT2D eigenvalue weighted by molar-refractivity contribution is 6.13. The third-order valence-corrected chi connectivity index (χ3v) is 5.36. The first-order valence-electron chi connectivity index (χ1n) is 9.29. The van der Waals surface area contributed by atoms with Crippen LogP contribution >= 0.6 is 0 Å². The Hall–Kier alpha value is -3.10. The molecule has 132 valence electrons. The zero-order valence-corrected chi connectivity index (χ0v) is 15.5. The number of rotatable bonds is 2. The maximum atomic E-state index is 10.8. The van der Waals surface area contributed by atoms with E-state index in [4.69, 9.17) is 0 Å². The second kappa shape index (κ2) is 5.70. The van der Waals surface area contributed by atoms with Crippen molar-refractivity contribution < 1.29 is 5.11 Å². The molecule has 27 heavy (non-hydrogen) atoms. The Morgan fingerprint density at radius 3 is 2.00 bits per heavy atom. The van der Waals surface area contributed by atoms with Crippen molar-refractivity contribution in [3.05, 3.63) is 90.5 Å². The Labute approximate surface area is 159 Å². The number of anilines is 3. The van der Waals surface area contributed by atoms with Crippen molar-refractivity contribution in [3.63, 3.8) is 0 Å². The van der Waals surface area contributed by atoms with Gasteiger partial charge in [-0.3, -0.25) is 0 Å². The van der Waals surface area contributed by atoms with E-state index in [1.807, 2.05) is 32.0 Å². The van der Waals surface area contributed by atoms with Gasteiger partial charge in [0, 0.05) is 16.5 Å². The minimum Gasteiger partial charge on any atom is -0.386 e. The van der Waals surface area contributed by atoms with E-state index in [0.717, 1.165) is 22.6 Å². The van der Waals surface area contributed by atoms with Crippen molar-refractivity contribution in [2.24, 2.45) is 0 Å². The molecule has 0 spiro atoms. The fraction of sp³-hybridized carbons (Fsp3) is 0.120. The van der Waals surface area contributed by atoms with Crippen LogP contribution in [0.5, 0.6) is 0 Å². The largest absolute Gasteiger partial charge is 0.386 e. The molecule has 1 N–H and O–H groups in total. The Morgan fingerprint density at radius 1 is 0.630 bits per heavy atom. The number of aliphatic hydroxyl groups is 1. The molecule has 2 nitrogen and oxygen atoms in total. The topological polar surface area (TPSA) is 23.5 Å². The van der Waals surface area contributed by atoms with Gasteiger partial charge >= 0.3 is 0 Å². The van der Waals surface area contributed by atoms with Crippen LogP contribution in [0, 0.1) is 0 Å². The summed E-state index contributed by atoms with van der Waals surface area (Å²) in [6.45, 7) is 3.69. The highest BCUT2D eigenvalue weighted by atomic mass is 16.3. The summed E-state index contributed by atoms with van der Waals surface area (Å²) < 4.78 is 0. The van der Waals surface area contributed by atoms with Crippen LogP contribution in [0.3, 0.4) is 0 Å². The van der Waals surface area contributed by atoms with Crippen LogP contribution in [0.2, 0.25) is 0 Å². The van der Waals surface area contributed by atoms with Crippen LogP contribution in [0.4, 0.5) is 17.1 Å². The van der Waals surface area contributed by atoms with Crippen molar-refractivity contribution in [1.29, 1.82) is 0 Å². The van der Waals surface area contributed by atoms with Crippen molar-refractivity contribution in [1.82, 2.24) is 0 Å². The standard InChI is InChI=1S/C25H21NO/c1-25(2,27)20-13-4-6-15-22(20)26-21-14-5-3-11-18(21)19-12-7-9-17-10-8-16-23(26)24(17)19/h3-16,27H,1-2H3. The lowest BCUT2D eigenvalue weighted by molar-refractivity contribution is 0.0792. The molecule has 4 aromatic rings. The number of para-hydroxylation sites is 2. The summed E-state index contributed by atoms with van der Waals surface area (Å²) in [4.78, 5) is 2.29. The van der Waals surface area contributed by atoms with Crippen LogP contribution in [-0.4, -0.2) is 5.11 Å². The van der Waals surface area contributed by atoms with E-state index in [1.165, 1.54) is 21.9 Å². The lowest BCUT2D eigenvalue weighted by Gasteiger charge is -2.36. The molecule has 0 radical (unpaired) electrons. The smallest absolute Gasteiger partial charge is 0.0860 e. The van der Waals surface area contributed by atoms with Crippen molar-refractivity contribution in [2.45, 2.75) is 19.4 Å². The van der Waals surface area contributed by atoms with Gasteiger partial charge < -0.3 is 10.0 Å². The Bertz CT molecular complexity index is 1170. The number of hydrogen-bond donors (Lipinski definition) is 1. The normalized spacial score (nSPS) is 12.9. The average Bonchev–Trinajstić information content (AvgIpc) is 2.68. The average molecular weight is 351 g/mol. The first-order chi connectivity index (χ1) is 13.1. The molecule has 2 heteroatoms. The second-order valence-corrected chi connectivity index (χ2v) is 7.61. The Balaban J connectivity index is 1.91. The molecule has 4 aromatic carbocycles. The van der Waals surface area contributed by atoms with Gasteiger partial charge in [0.25, 0.3) is 0 Å². The molecule has 1 aliphatic heterocycles. The van der Waals surface area contributed by atoms with E-state index in [-0.39, 0.29) is 0 Å². The van der Waals surface area contributed by atoms with Gasteiger partial charge in [0.05, 0.1) is 22.7 Å². The second-order valence-electron chi connectivity index (χ2n) is 7.61. The minimum atomic E-state index is -0.934. The lowest BCUT2D eigenvalue weighted by atomic mass is 9.89. The Morgan fingerprint density at radius 2 is 1.22 bits per heavy atom. The fourth-order valence-corrected chi connectivity index (χ4v) is 4.20. The molecule has 1 heterocycles. The molecule has 0 aliphatic carbocycles. The zero-order chi connectivity index (χ0) is 18.6. The van der Waals surface area contributed by atoms with E-state index >= 15 is 0 Å². The van der Waals surface area contributed by atoms with E-state index < -0.39 is 5.60 Å². The van der Waals surface area contributed by atoms with Gasteiger partial charge in [-0.25, -0.2) is 0 Å². The lowest BCUT2D eigenvalue weighted by Crippen LogP contribution is -2.22. The number of benzene rings is 4. The SMILES string of the molecule is CC(C)(O)c1ccccc1N1c2ccccc2-c2cccc3cccc1c23. The summed E-state index contributed by atoms with van der Waals surface area (Å²) in [5.41, 5.74) is 5.76. The van der Waals surface area contributed by atoms with Crippen molar-refractivity contribution in [3.8, 4) is 11.1 Å². The first kappa shape index (κ1) is 16.1. The van der Waals surface area contributed by atoms with Gasteiger partial charge in [-0.05, 0) is 43.0 Å². The maximum absolute atomic E-state index is 10.8. The maximum Gasteiger partial charge on any atom is 0.0860 e. The van der Waals surface area contributed by atoms with Crippen molar-refractivity contribution in [2.75, 3.05) is 4.90 Å². The van der Waals surface area contributed by atoms with Gasteiger partial charge in [0.2, 0.25) is 0 Å². The molecule has 0 atom stereocenters. The molecule has 0 aromatic heterocycles. The van der Waals surface area contributed by atoms with Crippen LogP contribution in [0.15, 0.2) is 84.9 Å². The minimum absolute atomic E-state index is 0.913. The molecule has 0 bridgehead atoms. The van der Waals surface area contributed by atoms with E-state index in [1.54, 1.807) is 0 Å². The summed E-state index contributed by atoms with van der Waals surface area (Å²) in [5, 5.41) is 13.3. The van der Waals surface area contributed by atoms with E-state index in [0.29, 0.717) is 0 Å². The Kier molecular flexibility index (Phi) is 3.40. The summed E-state index contributed by atoms with van der Waals surface area (Å²) >= 11 is 0. The number of fused-ring (bicyclic) bond motifs is 2. The molecule has 0 saturated heterocycles. The number of nitrogens with zero attached hydrogens (tertiary/aromatic N) is 1. The summed E-state index contributed by atoms with van der Waals surface area (Å²) in [6, 6.07) is 29.6. The first-order valence-corrected chi connectivity index (χ1v) is 9.29. The van der Waals surface area contributed by atoms with Crippen LogP contribution < -0.4 is 4.90 Å². The quantitative estimate of drug-likeness (QED) is 0.391. The van der Waals surface area contributed by atoms with Gasteiger partial charge in [-0.1, -0.05) is 66.7 Å². The molecule has 5 rings (SSSR count). The zero-order valence-electron chi connectivity index (χ0n) is 15.5. The predicted octanol–water partition coefficient (Wildman–Crippen LogP) is 6.52. The molecule has 1 aliphatic rings. The van der Waals surface area contributed by atoms with E-state index in [2.05, 4.69) is 71.6 Å². The molecular weight excluding hydrogens is 330 g/mol. The van der Waals surface area contributed by atoms with Crippen LogP contribution in [0.25, 0.3) is 21.9 Å². The fourth-order valence-electron chi connectivity index (χ4n) is 4.20. The monoisotopic (exact) mass is 351 g/mol. The third kappa shape index (κ3) is 2.37.